The Morgan fingerprint density at radius 2 is 2.07 bits per heavy atom. The summed E-state index contributed by atoms with van der Waals surface area (Å²) in [6.07, 6.45) is 6.15. The number of nitrogens with two attached hydrogens (primary N) is 1. The molecule has 2 aromatic rings. The molecule has 3 amide bonds. The van der Waals surface area contributed by atoms with E-state index < -0.39 is 11.9 Å². The summed E-state index contributed by atoms with van der Waals surface area (Å²) in [7, 11) is 0. The first-order valence-electron chi connectivity index (χ1n) is 9.71. The lowest BCUT2D eigenvalue weighted by atomic mass is 10.1. The lowest BCUT2D eigenvalue weighted by Crippen LogP contribution is -2.38. The van der Waals surface area contributed by atoms with Crippen LogP contribution in [-0.2, 0) is 4.79 Å². The number of carboxylic acid groups (broad SMARTS) is 1. The van der Waals surface area contributed by atoms with Gasteiger partial charge in [-0.2, -0.15) is 0 Å². The summed E-state index contributed by atoms with van der Waals surface area (Å²) in [5, 5.41) is 12.0. The van der Waals surface area contributed by atoms with E-state index in [1.54, 1.807) is 35.4 Å². The van der Waals surface area contributed by atoms with E-state index in [9.17, 15) is 14.4 Å². The number of carboxylic acids is 1. The predicted molar refractivity (Wildman–Crippen MR) is 118 cm³/mol. The number of benzene rings is 1. The van der Waals surface area contributed by atoms with Crippen molar-refractivity contribution in [1.82, 2.24) is 4.98 Å². The van der Waals surface area contributed by atoms with Crippen LogP contribution in [0.4, 0.5) is 15.6 Å². The van der Waals surface area contributed by atoms with Gasteiger partial charge in [-0.1, -0.05) is 30.2 Å². The molecule has 0 aliphatic heterocycles. The van der Waals surface area contributed by atoms with Gasteiger partial charge in [-0.25, -0.2) is 9.78 Å². The van der Waals surface area contributed by atoms with Crippen molar-refractivity contribution in [3.8, 4) is 0 Å². The Balaban J connectivity index is 1.72. The second kappa shape index (κ2) is 10.4. The first-order valence-corrected chi connectivity index (χ1v) is 11.5. The average molecular weight is 449 g/mol. The minimum atomic E-state index is -0.846. The molecule has 8 nitrogen and oxygen atoms in total. The van der Waals surface area contributed by atoms with Gasteiger partial charge in [0.1, 0.15) is 0 Å². The molecule has 0 saturated heterocycles. The van der Waals surface area contributed by atoms with Crippen molar-refractivity contribution in [2.45, 2.75) is 36.3 Å². The number of nitrogens with one attached hydrogen (secondary N) is 1. The van der Waals surface area contributed by atoms with E-state index in [0.717, 1.165) is 29.9 Å². The van der Waals surface area contributed by atoms with Crippen LogP contribution in [0.5, 0.6) is 0 Å². The smallest absolute Gasteiger partial charge is 0.328 e. The van der Waals surface area contributed by atoms with E-state index in [4.69, 9.17) is 10.8 Å². The summed E-state index contributed by atoms with van der Waals surface area (Å²) in [6.45, 7) is 0.555. The number of thioether (sulfide) groups is 1. The van der Waals surface area contributed by atoms with Crippen molar-refractivity contribution in [3.63, 3.8) is 0 Å². The molecule has 1 aromatic carbocycles. The summed E-state index contributed by atoms with van der Waals surface area (Å²) < 4.78 is 0.838. The van der Waals surface area contributed by atoms with E-state index in [2.05, 4.69) is 10.3 Å². The molecule has 10 heteroatoms. The fourth-order valence-electron chi connectivity index (χ4n) is 3.37. The number of primary amides is 1. The van der Waals surface area contributed by atoms with Gasteiger partial charge < -0.3 is 10.8 Å². The minimum absolute atomic E-state index is 0.0651. The van der Waals surface area contributed by atoms with Crippen molar-refractivity contribution in [1.29, 1.82) is 0 Å². The van der Waals surface area contributed by atoms with Crippen molar-refractivity contribution in [2.75, 3.05) is 22.5 Å². The van der Waals surface area contributed by atoms with Gasteiger partial charge in [0.15, 0.2) is 5.13 Å². The number of thiazole rings is 1. The summed E-state index contributed by atoms with van der Waals surface area (Å²) in [6, 6.07) is 6.44. The quantitative estimate of drug-likeness (QED) is 0.497. The molecule has 0 spiro atoms. The maximum Gasteiger partial charge on any atom is 0.328 e. The Bertz CT molecular complexity index is 912. The second-order valence-electron chi connectivity index (χ2n) is 7.08. The van der Waals surface area contributed by atoms with Crippen molar-refractivity contribution >= 4 is 51.8 Å². The number of hydrogen-bond donors (Lipinski definition) is 3. The lowest BCUT2D eigenvalue weighted by molar-refractivity contribution is -0.136. The Morgan fingerprint density at radius 1 is 1.30 bits per heavy atom. The number of nitrogens with zero attached hydrogens (tertiary/aromatic N) is 2. The molecule has 160 valence electrons. The van der Waals surface area contributed by atoms with Crippen molar-refractivity contribution < 1.29 is 19.5 Å². The number of carbonyl (C=O) groups is 3. The normalized spacial score (nSPS) is 13.9. The number of hydrogen-bond acceptors (Lipinski definition) is 6. The molecule has 30 heavy (non-hydrogen) atoms. The molecule has 0 unspecified atom stereocenters. The zero-order chi connectivity index (χ0) is 21.5. The van der Waals surface area contributed by atoms with Crippen LogP contribution in [-0.4, -0.2) is 40.3 Å². The van der Waals surface area contributed by atoms with Crippen LogP contribution in [0.2, 0.25) is 0 Å². The van der Waals surface area contributed by atoms with Gasteiger partial charge in [0.05, 0.1) is 16.8 Å². The molecule has 1 saturated carbocycles. The third kappa shape index (κ3) is 6.20. The Morgan fingerprint density at radius 3 is 2.77 bits per heavy atom. The Hall–Kier alpha value is -2.59. The largest absolute Gasteiger partial charge is 0.481 e. The first-order chi connectivity index (χ1) is 14.4. The van der Waals surface area contributed by atoms with Crippen LogP contribution >= 0.6 is 23.1 Å². The maximum absolute atomic E-state index is 13.1. The van der Waals surface area contributed by atoms with E-state index >= 15 is 0 Å². The van der Waals surface area contributed by atoms with Gasteiger partial charge in [0.25, 0.3) is 0 Å². The molecule has 1 heterocycles. The van der Waals surface area contributed by atoms with Gasteiger partial charge in [-0.3, -0.25) is 19.8 Å². The van der Waals surface area contributed by atoms with E-state index in [0.29, 0.717) is 34.6 Å². The average Bonchev–Trinajstić information content (AvgIpc) is 3.38. The highest BCUT2D eigenvalue weighted by molar-refractivity contribution is 8.01. The topological polar surface area (TPSA) is 126 Å². The molecule has 1 fully saturated rings. The van der Waals surface area contributed by atoms with Gasteiger partial charge in [-0.05, 0) is 37.0 Å². The summed E-state index contributed by atoms with van der Waals surface area (Å²) in [5.41, 5.74) is 6.37. The monoisotopic (exact) mass is 448 g/mol. The Kier molecular flexibility index (Phi) is 7.69. The van der Waals surface area contributed by atoms with Crippen LogP contribution in [0.1, 0.15) is 42.5 Å². The number of aliphatic carboxylic acids is 1. The van der Waals surface area contributed by atoms with Crippen LogP contribution < -0.4 is 16.0 Å². The van der Waals surface area contributed by atoms with Gasteiger partial charge in [-0.15, -0.1) is 11.8 Å². The fraction of sp³-hybridized carbons (Fsp3) is 0.400. The van der Waals surface area contributed by atoms with Crippen molar-refractivity contribution in [2.24, 2.45) is 11.7 Å². The maximum atomic E-state index is 13.1. The van der Waals surface area contributed by atoms with E-state index in [1.807, 2.05) is 0 Å². The van der Waals surface area contributed by atoms with Gasteiger partial charge in [0.2, 0.25) is 5.91 Å². The third-order valence-electron chi connectivity index (χ3n) is 4.86. The molecule has 4 N–H and O–H groups in total. The van der Waals surface area contributed by atoms with Gasteiger partial charge in [0, 0.05) is 23.5 Å². The van der Waals surface area contributed by atoms with Crippen LogP contribution in [0.3, 0.4) is 0 Å². The molecular formula is C20H24N4O4S2. The van der Waals surface area contributed by atoms with E-state index in [-0.39, 0.29) is 12.5 Å². The molecular weight excluding hydrogens is 424 g/mol. The van der Waals surface area contributed by atoms with Crippen LogP contribution in [0.15, 0.2) is 34.7 Å². The standard InChI is InChI=1S/C20H24N4O4S2/c21-18(27)14-6-3-7-15(10-14)24(12-13-4-1-2-5-13)20(28)23-19-22-11-17(30-19)29-9-8-16(25)26/h3,6-7,10-11,13H,1-2,4-5,8-9,12H2,(H2,21,27)(H,25,26)(H,22,23,28). The zero-order valence-corrected chi connectivity index (χ0v) is 18.0. The number of rotatable bonds is 9. The predicted octanol–water partition coefficient (Wildman–Crippen LogP) is 4.04. The second-order valence-corrected chi connectivity index (χ2v) is 9.51. The number of anilines is 2. The molecule has 0 bridgehead atoms. The molecule has 1 aliphatic carbocycles. The fourth-order valence-corrected chi connectivity index (χ4v) is 5.23. The third-order valence-corrected chi connectivity index (χ3v) is 6.97. The highest BCUT2D eigenvalue weighted by Crippen LogP contribution is 2.31. The molecule has 1 aromatic heterocycles. The summed E-state index contributed by atoms with van der Waals surface area (Å²) in [4.78, 5) is 41.1. The number of aromatic nitrogens is 1. The molecule has 3 rings (SSSR count). The first kappa shape index (κ1) is 22.1. The number of amides is 3. The lowest BCUT2D eigenvalue weighted by Gasteiger charge is -2.26. The minimum Gasteiger partial charge on any atom is -0.481 e. The van der Waals surface area contributed by atoms with Crippen LogP contribution in [0, 0.1) is 5.92 Å². The SMILES string of the molecule is NC(=O)c1cccc(N(CC2CCCC2)C(=O)Nc2ncc(SCCC(=O)O)s2)c1. The number of carbonyl (C=O) groups excluding carboxylic acids is 2. The number of urea groups is 1. The summed E-state index contributed by atoms with van der Waals surface area (Å²) in [5.74, 6) is -0.535. The van der Waals surface area contributed by atoms with Crippen LogP contribution in [0.25, 0.3) is 0 Å². The Labute approximate surface area is 182 Å². The van der Waals surface area contributed by atoms with E-state index in [1.165, 1.54) is 23.1 Å². The summed E-state index contributed by atoms with van der Waals surface area (Å²) >= 11 is 2.69. The molecule has 1 aliphatic rings. The zero-order valence-electron chi connectivity index (χ0n) is 16.4. The molecule has 0 atom stereocenters. The molecule has 0 radical (unpaired) electrons. The highest BCUT2D eigenvalue weighted by Gasteiger charge is 2.24. The van der Waals surface area contributed by atoms with Gasteiger partial charge >= 0.3 is 12.0 Å². The van der Waals surface area contributed by atoms with Crippen molar-refractivity contribution in [3.05, 3.63) is 36.0 Å². The highest BCUT2D eigenvalue weighted by atomic mass is 32.2.